The largest absolute Gasteiger partial charge is 0.481 e. The lowest BCUT2D eigenvalue weighted by molar-refractivity contribution is -0.147. The number of nitrogens with one attached hydrogen (secondary N) is 1. The van der Waals surface area contributed by atoms with Crippen molar-refractivity contribution in [3.63, 3.8) is 0 Å². The van der Waals surface area contributed by atoms with Crippen LogP contribution in [-0.2, 0) is 17.8 Å². The van der Waals surface area contributed by atoms with Crippen LogP contribution >= 0.6 is 11.6 Å². The van der Waals surface area contributed by atoms with Crippen LogP contribution in [0.4, 0.5) is 0 Å². The van der Waals surface area contributed by atoms with Crippen molar-refractivity contribution in [3.05, 3.63) is 58.4 Å². The van der Waals surface area contributed by atoms with Crippen molar-refractivity contribution in [2.75, 3.05) is 6.54 Å². The minimum absolute atomic E-state index is 0.296. The van der Waals surface area contributed by atoms with E-state index in [4.69, 9.17) is 11.6 Å². The minimum atomic E-state index is -0.711. The van der Waals surface area contributed by atoms with E-state index in [2.05, 4.69) is 28.1 Å². The maximum Gasteiger partial charge on any atom is 0.309 e. The zero-order valence-corrected chi connectivity index (χ0v) is 17.6. The van der Waals surface area contributed by atoms with Crippen molar-refractivity contribution >= 4 is 17.6 Å². The molecule has 2 heterocycles. The number of carboxylic acids is 1. The molecule has 0 saturated carbocycles. The van der Waals surface area contributed by atoms with Crippen molar-refractivity contribution in [2.24, 2.45) is 5.41 Å². The third-order valence-electron chi connectivity index (χ3n) is 6.02. The standard InChI is InChI=1S/C23H31ClN2O2/c1-23(2,22(27)28)13-7-3-4-10-21(18-8-5-6-9-19(18)24)26-15-12-20-17(16-26)11-14-25-20/h5-6,8-9,11,14,21,25H,3-4,7,10,12-13,15-16H2,1-2H3,(H,27,28). The Morgan fingerprint density at radius 3 is 2.79 bits per heavy atom. The lowest BCUT2D eigenvalue weighted by Gasteiger charge is -2.35. The Morgan fingerprint density at radius 1 is 1.25 bits per heavy atom. The maximum atomic E-state index is 11.3. The second-order valence-electron chi connectivity index (χ2n) is 8.53. The molecule has 0 radical (unpaired) electrons. The molecule has 1 aromatic carbocycles. The monoisotopic (exact) mass is 402 g/mol. The van der Waals surface area contributed by atoms with E-state index in [-0.39, 0.29) is 0 Å². The van der Waals surface area contributed by atoms with Crippen LogP contribution in [0.5, 0.6) is 0 Å². The highest BCUT2D eigenvalue weighted by Crippen LogP contribution is 2.35. The van der Waals surface area contributed by atoms with Crippen LogP contribution in [0.25, 0.3) is 0 Å². The van der Waals surface area contributed by atoms with Gasteiger partial charge >= 0.3 is 5.97 Å². The van der Waals surface area contributed by atoms with Gasteiger partial charge in [-0.15, -0.1) is 0 Å². The van der Waals surface area contributed by atoms with Gasteiger partial charge in [-0.3, -0.25) is 9.69 Å². The summed E-state index contributed by atoms with van der Waals surface area (Å²) in [4.78, 5) is 17.2. The molecule has 5 heteroatoms. The van der Waals surface area contributed by atoms with Gasteiger partial charge in [0.1, 0.15) is 0 Å². The van der Waals surface area contributed by atoms with Gasteiger partial charge in [0.15, 0.2) is 0 Å². The first-order valence-electron chi connectivity index (χ1n) is 10.3. The number of aliphatic carboxylic acids is 1. The maximum absolute atomic E-state index is 11.3. The average Bonchev–Trinajstić information content (AvgIpc) is 3.13. The molecule has 0 aliphatic carbocycles. The molecule has 4 nitrogen and oxygen atoms in total. The molecule has 152 valence electrons. The topological polar surface area (TPSA) is 56.3 Å². The Kier molecular flexibility index (Phi) is 6.84. The Morgan fingerprint density at radius 2 is 2.04 bits per heavy atom. The van der Waals surface area contributed by atoms with Gasteiger partial charge in [0.2, 0.25) is 0 Å². The average molecular weight is 403 g/mol. The first kappa shape index (κ1) is 20.9. The molecule has 3 rings (SSSR count). The van der Waals surface area contributed by atoms with E-state index >= 15 is 0 Å². The fraction of sp³-hybridized carbons (Fsp3) is 0.522. The van der Waals surface area contributed by atoms with E-state index in [1.807, 2.05) is 32.2 Å². The highest BCUT2D eigenvalue weighted by atomic mass is 35.5. The molecule has 1 aliphatic rings. The summed E-state index contributed by atoms with van der Waals surface area (Å²) in [5.74, 6) is -0.711. The van der Waals surface area contributed by atoms with Gasteiger partial charge in [-0.1, -0.05) is 49.1 Å². The highest BCUT2D eigenvalue weighted by molar-refractivity contribution is 6.31. The number of H-pyrrole nitrogens is 1. The molecular weight excluding hydrogens is 372 g/mol. The number of aromatic amines is 1. The SMILES string of the molecule is CC(C)(CCCCCC(c1ccccc1Cl)N1CCc2[nH]ccc2C1)C(=O)O. The smallest absolute Gasteiger partial charge is 0.309 e. The molecular formula is C23H31ClN2O2. The molecule has 0 fully saturated rings. The van der Waals surface area contributed by atoms with Crippen LogP contribution in [0.2, 0.25) is 5.02 Å². The zero-order chi connectivity index (χ0) is 20.1. The molecule has 1 atom stereocenters. The Hall–Kier alpha value is -1.78. The minimum Gasteiger partial charge on any atom is -0.481 e. The van der Waals surface area contributed by atoms with E-state index in [0.29, 0.717) is 6.04 Å². The first-order chi connectivity index (χ1) is 13.4. The lowest BCUT2D eigenvalue weighted by Crippen LogP contribution is -2.34. The van der Waals surface area contributed by atoms with Crippen LogP contribution in [0, 0.1) is 5.41 Å². The summed E-state index contributed by atoms with van der Waals surface area (Å²) in [6, 6.07) is 10.6. The lowest BCUT2D eigenvalue weighted by atomic mass is 9.86. The second kappa shape index (κ2) is 9.15. The van der Waals surface area contributed by atoms with Crippen molar-refractivity contribution in [1.29, 1.82) is 0 Å². The zero-order valence-electron chi connectivity index (χ0n) is 16.9. The number of halogens is 1. The number of rotatable bonds is 9. The normalized spacial score (nSPS) is 16.0. The number of carboxylic acid groups (broad SMARTS) is 1. The summed E-state index contributed by atoms with van der Waals surface area (Å²) < 4.78 is 0. The van der Waals surface area contributed by atoms with Gasteiger partial charge in [0, 0.05) is 42.5 Å². The molecule has 0 bridgehead atoms. The third kappa shape index (κ3) is 4.98. The van der Waals surface area contributed by atoms with Crippen molar-refractivity contribution in [3.8, 4) is 0 Å². The van der Waals surface area contributed by atoms with Gasteiger partial charge < -0.3 is 10.1 Å². The fourth-order valence-electron chi connectivity index (χ4n) is 4.10. The number of nitrogens with zero attached hydrogens (tertiary/aromatic N) is 1. The van der Waals surface area contributed by atoms with Gasteiger partial charge in [0.25, 0.3) is 0 Å². The molecule has 1 aromatic heterocycles. The number of aromatic nitrogens is 1. The van der Waals surface area contributed by atoms with Gasteiger partial charge in [-0.25, -0.2) is 0 Å². The number of benzene rings is 1. The van der Waals surface area contributed by atoms with Crippen molar-refractivity contribution in [2.45, 2.75) is 65.0 Å². The number of carbonyl (C=O) groups is 1. The fourth-order valence-corrected chi connectivity index (χ4v) is 4.37. The molecule has 0 spiro atoms. The third-order valence-corrected chi connectivity index (χ3v) is 6.36. The number of unbranched alkanes of at least 4 members (excludes halogenated alkanes) is 2. The summed E-state index contributed by atoms with van der Waals surface area (Å²) in [5.41, 5.74) is 3.30. The van der Waals surface area contributed by atoms with Crippen molar-refractivity contribution < 1.29 is 9.90 Å². The van der Waals surface area contributed by atoms with Crippen molar-refractivity contribution in [1.82, 2.24) is 9.88 Å². The molecule has 2 aromatic rings. The van der Waals surface area contributed by atoms with E-state index in [1.54, 1.807) is 0 Å². The molecule has 0 saturated heterocycles. The number of fused-ring (bicyclic) bond motifs is 1. The van der Waals surface area contributed by atoms with Crippen LogP contribution in [0.1, 0.15) is 68.8 Å². The van der Waals surface area contributed by atoms with Gasteiger partial charge in [0.05, 0.1) is 5.41 Å². The molecule has 28 heavy (non-hydrogen) atoms. The van der Waals surface area contributed by atoms with Crippen LogP contribution < -0.4 is 0 Å². The van der Waals surface area contributed by atoms with Crippen LogP contribution in [0.3, 0.4) is 0 Å². The molecule has 2 N–H and O–H groups in total. The number of hydrogen-bond donors (Lipinski definition) is 2. The highest BCUT2D eigenvalue weighted by Gasteiger charge is 2.28. The summed E-state index contributed by atoms with van der Waals surface area (Å²) in [7, 11) is 0. The summed E-state index contributed by atoms with van der Waals surface area (Å²) in [5, 5.41) is 10.1. The van der Waals surface area contributed by atoms with Crippen LogP contribution in [0.15, 0.2) is 36.5 Å². The quantitative estimate of drug-likeness (QED) is 0.519. The molecule has 1 unspecified atom stereocenters. The predicted octanol–water partition coefficient (Wildman–Crippen LogP) is 5.83. The van der Waals surface area contributed by atoms with Gasteiger partial charge in [-0.05, 0) is 49.9 Å². The van der Waals surface area contributed by atoms with Crippen LogP contribution in [-0.4, -0.2) is 27.5 Å². The predicted molar refractivity (Wildman–Crippen MR) is 114 cm³/mol. The first-order valence-corrected chi connectivity index (χ1v) is 10.6. The molecule has 1 aliphatic heterocycles. The Labute approximate surface area is 172 Å². The van der Waals surface area contributed by atoms with E-state index in [1.165, 1.54) is 16.8 Å². The summed E-state index contributed by atoms with van der Waals surface area (Å²) in [6.45, 7) is 5.59. The van der Waals surface area contributed by atoms with Gasteiger partial charge in [-0.2, -0.15) is 0 Å². The summed E-state index contributed by atoms with van der Waals surface area (Å²) >= 11 is 6.55. The van der Waals surface area contributed by atoms with E-state index < -0.39 is 11.4 Å². The Balaban J connectivity index is 1.63. The van der Waals surface area contributed by atoms with E-state index in [0.717, 1.165) is 56.6 Å². The number of hydrogen-bond acceptors (Lipinski definition) is 2. The Bertz CT molecular complexity index is 799. The molecule has 0 amide bonds. The second-order valence-corrected chi connectivity index (χ2v) is 8.93. The van der Waals surface area contributed by atoms with E-state index in [9.17, 15) is 9.90 Å². The summed E-state index contributed by atoms with van der Waals surface area (Å²) in [6.07, 6.45) is 7.88.